The van der Waals surface area contributed by atoms with Gasteiger partial charge in [-0.25, -0.2) is 0 Å². The van der Waals surface area contributed by atoms with Crippen LogP contribution in [0.1, 0.15) is 40.5 Å². The van der Waals surface area contributed by atoms with E-state index in [0.29, 0.717) is 11.3 Å². The number of amides is 2. The van der Waals surface area contributed by atoms with Crippen molar-refractivity contribution in [3.05, 3.63) is 64.8 Å². The van der Waals surface area contributed by atoms with Crippen molar-refractivity contribution in [3.8, 4) is 0 Å². The van der Waals surface area contributed by atoms with Gasteiger partial charge in [-0.1, -0.05) is 17.7 Å². The third-order valence-electron chi connectivity index (χ3n) is 5.12. The van der Waals surface area contributed by atoms with E-state index in [9.17, 15) is 9.59 Å². The molecule has 1 aliphatic rings. The summed E-state index contributed by atoms with van der Waals surface area (Å²) in [7, 11) is 0. The van der Waals surface area contributed by atoms with Gasteiger partial charge in [-0.05, 0) is 55.7 Å². The summed E-state index contributed by atoms with van der Waals surface area (Å²) in [6, 6.07) is 13.6. The highest BCUT2D eigenvalue weighted by atomic mass is 16.2. The molecule has 1 unspecified atom stereocenters. The number of aryl methyl sites for hydroxylation is 2. The van der Waals surface area contributed by atoms with Crippen LogP contribution in [0.4, 0.5) is 5.69 Å². The van der Waals surface area contributed by atoms with Crippen molar-refractivity contribution < 1.29 is 9.59 Å². The van der Waals surface area contributed by atoms with E-state index in [4.69, 9.17) is 0 Å². The average molecular weight is 361 g/mol. The maximum Gasteiger partial charge on any atom is 0.251 e. The monoisotopic (exact) mass is 361 g/mol. The summed E-state index contributed by atoms with van der Waals surface area (Å²) in [5.41, 5.74) is 6.22. The van der Waals surface area contributed by atoms with Crippen molar-refractivity contribution in [2.24, 2.45) is 0 Å². The predicted octanol–water partition coefficient (Wildman–Crippen LogP) is 3.72. The molecule has 3 aromatic rings. The Balaban J connectivity index is 1.49. The molecule has 1 aliphatic carbocycles. The first-order valence-corrected chi connectivity index (χ1v) is 9.28. The summed E-state index contributed by atoms with van der Waals surface area (Å²) < 4.78 is 0. The fourth-order valence-electron chi connectivity index (χ4n) is 3.88. The van der Waals surface area contributed by atoms with Crippen LogP contribution in [0.3, 0.4) is 0 Å². The summed E-state index contributed by atoms with van der Waals surface area (Å²) in [6.45, 7) is 3.56. The third-order valence-corrected chi connectivity index (χ3v) is 5.12. The lowest BCUT2D eigenvalue weighted by atomic mass is 9.91. The number of rotatable bonds is 3. The largest absolute Gasteiger partial charge is 0.358 e. The molecular weight excluding hydrogens is 338 g/mol. The highest BCUT2D eigenvalue weighted by Gasteiger charge is 2.24. The smallest absolute Gasteiger partial charge is 0.251 e. The normalized spacial score (nSPS) is 16.0. The molecule has 0 bridgehead atoms. The van der Waals surface area contributed by atoms with Crippen LogP contribution in [0.15, 0.2) is 42.5 Å². The van der Waals surface area contributed by atoms with Gasteiger partial charge in [-0.3, -0.25) is 9.59 Å². The minimum atomic E-state index is -0.151. The number of benzene rings is 2. The van der Waals surface area contributed by atoms with Crippen molar-refractivity contribution >= 4 is 28.4 Å². The Bertz CT molecular complexity index is 1040. The molecule has 0 aliphatic heterocycles. The zero-order valence-corrected chi connectivity index (χ0v) is 15.6. The van der Waals surface area contributed by atoms with Crippen LogP contribution in [0.5, 0.6) is 0 Å². The maximum absolute atomic E-state index is 12.6. The van der Waals surface area contributed by atoms with E-state index in [2.05, 4.69) is 40.7 Å². The van der Waals surface area contributed by atoms with Gasteiger partial charge >= 0.3 is 0 Å². The second-order valence-corrected chi connectivity index (χ2v) is 7.31. The van der Waals surface area contributed by atoms with Crippen molar-refractivity contribution in [2.45, 2.75) is 39.2 Å². The lowest BCUT2D eigenvalue weighted by molar-refractivity contribution is -0.114. The van der Waals surface area contributed by atoms with Crippen molar-refractivity contribution in [1.82, 2.24) is 10.3 Å². The highest BCUT2D eigenvalue weighted by Crippen LogP contribution is 2.30. The highest BCUT2D eigenvalue weighted by molar-refractivity contribution is 5.97. The number of fused-ring (bicyclic) bond motifs is 3. The molecule has 2 aromatic carbocycles. The van der Waals surface area contributed by atoms with Crippen molar-refractivity contribution in [3.63, 3.8) is 0 Å². The lowest BCUT2D eigenvalue weighted by Gasteiger charge is -2.23. The van der Waals surface area contributed by atoms with E-state index in [0.717, 1.165) is 19.3 Å². The van der Waals surface area contributed by atoms with Crippen LogP contribution >= 0.6 is 0 Å². The van der Waals surface area contributed by atoms with Crippen LogP contribution in [0.2, 0.25) is 0 Å². The second kappa shape index (κ2) is 6.91. The number of H-pyrrole nitrogens is 1. The Labute approximate surface area is 158 Å². The van der Waals surface area contributed by atoms with Crippen LogP contribution < -0.4 is 10.6 Å². The number of aromatic amines is 1. The molecule has 5 heteroatoms. The second-order valence-electron chi connectivity index (χ2n) is 7.31. The van der Waals surface area contributed by atoms with Crippen LogP contribution in [-0.2, 0) is 17.6 Å². The number of anilines is 1. The summed E-state index contributed by atoms with van der Waals surface area (Å²) in [5.74, 6) is -0.260. The molecular formula is C22H23N3O2. The van der Waals surface area contributed by atoms with Gasteiger partial charge < -0.3 is 15.6 Å². The first kappa shape index (κ1) is 17.3. The first-order valence-electron chi connectivity index (χ1n) is 9.28. The molecule has 0 saturated heterocycles. The molecule has 0 saturated carbocycles. The van der Waals surface area contributed by atoms with Gasteiger partial charge in [0.05, 0.1) is 0 Å². The van der Waals surface area contributed by atoms with E-state index >= 15 is 0 Å². The molecule has 2 amide bonds. The summed E-state index contributed by atoms with van der Waals surface area (Å²) in [5, 5.41) is 7.16. The average Bonchev–Trinajstić information content (AvgIpc) is 2.98. The van der Waals surface area contributed by atoms with Gasteiger partial charge in [0, 0.05) is 47.2 Å². The first-order chi connectivity index (χ1) is 13.0. The van der Waals surface area contributed by atoms with Crippen molar-refractivity contribution in [2.75, 3.05) is 5.32 Å². The molecule has 27 heavy (non-hydrogen) atoms. The predicted molar refractivity (Wildman–Crippen MR) is 107 cm³/mol. The molecule has 1 heterocycles. The third kappa shape index (κ3) is 3.58. The van der Waals surface area contributed by atoms with E-state index in [-0.39, 0.29) is 17.9 Å². The number of carbonyl (C=O) groups is 2. The van der Waals surface area contributed by atoms with Gasteiger partial charge in [0.15, 0.2) is 0 Å². The number of aromatic nitrogens is 1. The number of nitrogens with one attached hydrogen (secondary N) is 3. The SMILES string of the molecule is CC(=O)Nc1cccc(C(=O)NC2CCc3c([nH]c4ccc(C)cc34)C2)c1. The minimum Gasteiger partial charge on any atom is -0.358 e. The number of hydrogen-bond donors (Lipinski definition) is 3. The van der Waals surface area contributed by atoms with Crippen LogP contribution in [0, 0.1) is 6.92 Å². The van der Waals surface area contributed by atoms with Crippen LogP contribution in [-0.4, -0.2) is 22.8 Å². The molecule has 1 aromatic heterocycles. The minimum absolute atomic E-state index is 0.101. The quantitative estimate of drug-likeness (QED) is 0.665. The van der Waals surface area contributed by atoms with Crippen molar-refractivity contribution in [1.29, 1.82) is 0 Å². The summed E-state index contributed by atoms with van der Waals surface area (Å²) in [6.07, 6.45) is 2.68. The fraction of sp³-hybridized carbons (Fsp3) is 0.273. The van der Waals surface area contributed by atoms with Gasteiger partial charge in [0.25, 0.3) is 5.91 Å². The summed E-state index contributed by atoms with van der Waals surface area (Å²) in [4.78, 5) is 27.4. The van der Waals surface area contributed by atoms with Gasteiger partial charge in [0.2, 0.25) is 5.91 Å². The molecule has 3 N–H and O–H groups in total. The van der Waals surface area contributed by atoms with Gasteiger partial charge in [0.1, 0.15) is 0 Å². The van der Waals surface area contributed by atoms with E-state index < -0.39 is 0 Å². The number of hydrogen-bond acceptors (Lipinski definition) is 2. The molecule has 0 radical (unpaired) electrons. The fourth-order valence-corrected chi connectivity index (χ4v) is 3.88. The zero-order valence-electron chi connectivity index (χ0n) is 15.6. The number of carbonyl (C=O) groups excluding carboxylic acids is 2. The molecule has 4 rings (SSSR count). The maximum atomic E-state index is 12.6. The Hall–Kier alpha value is -3.08. The lowest BCUT2D eigenvalue weighted by Crippen LogP contribution is -2.38. The van der Waals surface area contributed by atoms with Gasteiger partial charge in [-0.15, -0.1) is 0 Å². The Morgan fingerprint density at radius 1 is 1.15 bits per heavy atom. The summed E-state index contributed by atoms with van der Waals surface area (Å²) >= 11 is 0. The zero-order chi connectivity index (χ0) is 19.0. The Kier molecular flexibility index (Phi) is 4.44. The van der Waals surface area contributed by atoms with E-state index in [1.165, 1.54) is 34.6 Å². The Morgan fingerprint density at radius 3 is 2.81 bits per heavy atom. The van der Waals surface area contributed by atoms with E-state index in [1.807, 2.05) is 0 Å². The molecule has 5 nitrogen and oxygen atoms in total. The molecule has 0 spiro atoms. The Morgan fingerprint density at radius 2 is 2.00 bits per heavy atom. The van der Waals surface area contributed by atoms with Gasteiger partial charge in [-0.2, -0.15) is 0 Å². The molecule has 138 valence electrons. The molecule has 0 fully saturated rings. The van der Waals surface area contributed by atoms with Crippen LogP contribution in [0.25, 0.3) is 10.9 Å². The topological polar surface area (TPSA) is 74.0 Å². The van der Waals surface area contributed by atoms with E-state index in [1.54, 1.807) is 24.3 Å². The molecule has 1 atom stereocenters. The standard InChI is InChI=1S/C22H23N3O2/c1-13-6-9-20-19(10-13)18-8-7-17(12-21(18)25-20)24-22(27)15-4-3-5-16(11-15)23-14(2)26/h3-6,9-11,17,25H,7-8,12H2,1-2H3,(H,23,26)(H,24,27).